The molecular formula is C25H39BN6O8. The van der Waals surface area contributed by atoms with Crippen molar-refractivity contribution in [2.24, 2.45) is 11.7 Å². The molecule has 15 heteroatoms. The van der Waals surface area contributed by atoms with E-state index in [4.69, 9.17) is 13.6 Å². The maximum atomic E-state index is 13.1. The highest BCUT2D eigenvalue weighted by atomic mass is 16.3. The molecule has 220 valence electrons. The zero-order valence-corrected chi connectivity index (χ0v) is 23.1. The molecule has 0 spiro atoms. The quantitative estimate of drug-likeness (QED) is 0.0629. The minimum Gasteiger partial charge on any atom is -0.391 e. The standard InChI is InChI=1S/C25H39BN6O8/c1-14(2)20(30-17(34)9-5-4-6-13-32-18(35)10-11-19(32)36)24(39)29-16(8-7-12-28-25(27)40)23(38)31-21(15(3)33)22(26)37/h10-11,14-16,20-21,33H,4-9,12-13H2,1-3H3,(H,29,39)(H,30,34)(H,31,38)(H3,27,28,40)/t15-,16-,20?,21+/m0/s1. The molecule has 0 aromatic carbocycles. The Hall–Kier alpha value is -3.75. The second kappa shape index (κ2) is 17.1. The van der Waals surface area contributed by atoms with Crippen molar-refractivity contribution in [1.82, 2.24) is 26.2 Å². The predicted molar refractivity (Wildman–Crippen MR) is 144 cm³/mol. The van der Waals surface area contributed by atoms with E-state index in [1.807, 2.05) is 0 Å². The van der Waals surface area contributed by atoms with Gasteiger partial charge in [-0.15, -0.1) is 0 Å². The molecule has 4 atom stereocenters. The fourth-order valence-electron chi connectivity index (χ4n) is 3.90. The van der Waals surface area contributed by atoms with E-state index in [0.717, 1.165) is 4.90 Å². The smallest absolute Gasteiger partial charge is 0.312 e. The van der Waals surface area contributed by atoms with E-state index in [-0.39, 0.29) is 50.1 Å². The Labute approximate surface area is 234 Å². The van der Waals surface area contributed by atoms with Crippen LogP contribution in [0.2, 0.25) is 0 Å². The van der Waals surface area contributed by atoms with Crippen molar-refractivity contribution in [3.63, 3.8) is 0 Å². The van der Waals surface area contributed by atoms with Crippen molar-refractivity contribution in [1.29, 1.82) is 0 Å². The first-order valence-corrected chi connectivity index (χ1v) is 13.2. The number of nitrogens with zero attached hydrogens (tertiary/aromatic N) is 1. The van der Waals surface area contributed by atoms with Crippen LogP contribution in [0.3, 0.4) is 0 Å². The summed E-state index contributed by atoms with van der Waals surface area (Å²) in [7, 11) is 5.24. The lowest BCUT2D eigenvalue weighted by Gasteiger charge is -2.27. The summed E-state index contributed by atoms with van der Waals surface area (Å²) in [6.45, 7) is 5.07. The summed E-state index contributed by atoms with van der Waals surface area (Å²) in [4.78, 5) is 85.4. The van der Waals surface area contributed by atoms with Gasteiger partial charge in [0.15, 0.2) is 7.85 Å². The number of hydrogen-bond acceptors (Lipinski definition) is 8. The first kappa shape index (κ1) is 34.3. The molecular weight excluding hydrogens is 523 g/mol. The average molecular weight is 562 g/mol. The van der Waals surface area contributed by atoms with Crippen LogP contribution in [-0.4, -0.2) is 96.4 Å². The molecule has 0 aliphatic carbocycles. The molecule has 0 aromatic heterocycles. The van der Waals surface area contributed by atoms with Gasteiger partial charge in [-0.3, -0.25) is 28.9 Å². The van der Waals surface area contributed by atoms with Crippen LogP contribution in [0.15, 0.2) is 12.2 Å². The Kier molecular flexibility index (Phi) is 14.6. The maximum Gasteiger partial charge on any atom is 0.312 e. The zero-order chi connectivity index (χ0) is 30.4. The van der Waals surface area contributed by atoms with Crippen LogP contribution in [0, 0.1) is 5.92 Å². The summed E-state index contributed by atoms with van der Waals surface area (Å²) in [6, 6.07) is -4.31. The minimum absolute atomic E-state index is 0.0411. The monoisotopic (exact) mass is 562 g/mol. The van der Waals surface area contributed by atoms with E-state index in [1.165, 1.54) is 19.1 Å². The van der Waals surface area contributed by atoms with E-state index in [1.54, 1.807) is 13.8 Å². The van der Waals surface area contributed by atoms with Gasteiger partial charge in [-0.2, -0.15) is 0 Å². The number of aliphatic hydroxyl groups excluding tert-OH is 1. The van der Waals surface area contributed by atoms with Crippen molar-refractivity contribution >= 4 is 49.1 Å². The molecule has 1 heterocycles. The molecule has 0 fully saturated rings. The summed E-state index contributed by atoms with van der Waals surface area (Å²) in [5.74, 6) is -2.88. The van der Waals surface area contributed by atoms with Crippen molar-refractivity contribution < 1.29 is 38.7 Å². The van der Waals surface area contributed by atoms with Crippen LogP contribution in [0.5, 0.6) is 0 Å². The number of hydrogen-bond donors (Lipinski definition) is 6. The second-order valence-electron chi connectivity index (χ2n) is 9.88. The predicted octanol–water partition coefficient (Wildman–Crippen LogP) is -1.89. The van der Waals surface area contributed by atoms with Gasteiger partial charge < -0.3 is 36.9 Å². The van der Waals surface area contributed by atoms with Crippen LogP contribution in [0.25, 0.3) is 0 Å². The Morgan fingerprint density at radius 2 is 1.52 bits per heavy atom. The number of nitrogens with two attached hydrogens (primary N) is 1. The van der Waals surface area contributed by atoms with E-state index in [0.29, 0.717) is 19.3 Å². The zero-order valence-electron chi connectivity index (χ0n) is 23.1. The molecule has 0 saturated heterocycles. The fourth-order valence-corrected chi connectivity index (χ4v) is 3.90. The molecule has 1 aliphatic rings. The van der Waals surface area contributed by atoms with Crippen LogP contribution in [0.1, 0.15) is 59.3 Å². The lowest BCUT2D eigenvalue weighted by Crippen LogP contribution is -2.58. The highest BCUT2D eigenvalue weighted by molar-refractivity contribution is 6.59. The number of imide groups is 1. The number of urea groups is 1. The Bertz CT molecular complexity index is 968. The van der Waals surface area contributed by atoms with Gasteiger partial charge in [0.2, 0.25) is 17.7 Å². The Morgan fingerprint density at radius 1 is 0.900 bits per heavy atom. The molecule has 1 unspecified atom stereocenters. The van der Waals surface area contributed by atoms with E-state index >= 15 is 0 Å². The first-order chi connectivity index (χ1) is 18.7. The maximum absolute atomic E-state index is 13.1. The highest BCUT2D eigenvalue weighted by Crippen LogP contribution is 2.10. The number of carbonyl (C=O) groups is 7. The van der Waals surface area contributed by atoms with E-state index in [9.17, 15) is 38.7 Å². The molecule has 2 radical (unpaired) electrons. The molecule has 14 nitrogen and oxygen atoms in total. The van der Waals surface area contributed by atoms with Crippen molar-refractivity contribution in [3.8, 4) is 0 Å². The number of carbonyl (C=O) groups excluding carboxylic acids is 7. The van der Waals surface area contributed by atoms with Crippen LogP contribution in [-0.2, 0) is 28.8 Å². The van der Waals surface area contributed by atoms with Gasteiger partial charge in [-0.1, -0.05) is 20.3 Å². The summed E-state index contributed by atoms with van der Waals surface area (Å²) < 4.78 is 0. The molecule has 1 rings (SSSR count). The number of rotatable bonds is 18. The Morgan fingerprint density at radius 3 is 2.05 bits per heavy atom. The molecule has 0 aromatic rings. The average Bonchev–Trinajstić information content (AvgIpc) is 3.18. The van der Waals surface area contributed by atoms with E-state index in [2.05, 4.69) is 21.3 Å². The van der Waals surface area contributed by atoms with Gasteiger partial charge in [0.1, 0.15) is 23.8 Å². The van der Waals surface area contributed by atoms with Crippen LogP contribution >= 0.6 is 0 Å². The molecule has 7 amide bonds. The normalized spacial score (nSPS) is 15.8. The third kappa shape index (κ3) is 12.0. The SMILES string of the molecule is [B]C(=O)[C@H](NC(=O)[C@H](CCCNC(N)=O)NC(=O)C(NC(=O)CCCCCN1C(=O)C=CC1=O)C(C)C)[C@H](C)O. The number of amides is 7. The Balaban J connectivity index is 2.72. The summed E-state index contributed by atoms with van der Waals surface area (Å²) in [5, 5.41) is 19.7. The number of primary amides is 1. The summed E-state index contributed by atoms with van der Waals surface area (Å²) in [5.41, 5.74) is 4.08. The van der Waals surface area contributed by atoms with Crippen molar-refractivity contribution in [2.75, 3.05) is 13.1 Å². The van der Waals surface area contributed by atoms with Crippen LogP contribution < -0.4 is 27.0 Å². The molecule has 1 aliphatic heterocycles. The van der Waals surface area contributed by atoms with Crippen molar-refractivity contribution in [2.45, 2.75) is 83.5 Å². The lowest BCUT2D eigenvalue weighted by molar-refractivity contribution is -0.137. The largest absolute Gasteiger partial charge is 0.391 e. The van der Waals surface area contributed by atoms with Gasteiger partial charge in [-0.05, 0) is 38.5 Å². The molecule has 40 heavy (non-hydrogen) atoms. The van der Waals surface area contributed by atoms with Gasteiger partial charge in [0, 0.05) is 31.7 Å². The summed E-state index contributed by atoms with van der Waals surface area (Å²) in [6.07, 6.45) is 3.09. The highest BCUT2D eigenvalue weighted by Gasteiger charge is 2.31. The third-order valence-electron chi connectivity index (χ3n) is 6.14. The third-order valence-corrected chi connectivity index (χ3v) is 6.14. The number of nitrogens with one attached hydrogen (secondary N) is 4. The molecule has 0 saturated carbocycles. The molecule has 0 bridgehead atoms. The van der Waals surface area contributed by atoms with Gasteiger partial charge in [-0.25, -0.2) is 4.79 Å². The second-order valence-corrected chi connectivity index (χ2v) is 9.88. The van der Waals surface area contributed by atoms with Gasteiger partial charge in [0.05, 0.1) is 6.10 Å². The molecule has 7 N–H and O–H groups in total. The van der Waals surface area contributed by atoms with E-state index < -0.39 is 53.7 Å². The summed E-state index contributed by atoms with van der Waals surface area (Å²) >= 11 is 0. The van der Waals surface area contributed by atoms with Gasteiger partial charge >= 0.3 is 6.03 Å². The number of unbranched alkanes of at least 4 members (excludes halogenated alkanes) is 2. The minimum atomic E-state index is -1.39. The topological polar surface area (TPSA) is 217 Å². The van der Waals surface area contributed by atoms with Crippen molar-refractivity contribution in [3.05, 3.63) is 12.2 Å². The number of aliphatic hydroxyl groups is 1. The lowest BCUT2D eigenvalue weighted by atomic mass is 9.91. The first-order valence-electron chi connectivity index (χ1n) is 13.2. The van der Waals surface area contributed by atoms with Crippen LogP contribution in [0.4, 0.5) is 4.79 Å². The fraction of sp³-hybridized carbons (Fsp3) is 0.640. The van der Waals surface area contributed by atoms with Gasteiger partial charge in [0.25, 0.3) is 11.8 Å².